The van der Waals surface area contributed by atoms with Crippen molar-refractivity contribution in [3.8, 4) is 11.5 Å². The summed E-state index contributed by atoms with van der Waals surface area (Å²) in [7, 11) is 0. The highest BCUT2D eigenvalue weighted by molar-refractivity contribution is 5.55. The van der Waals surface area contributed by atoms with Crippen molar-refractivity contribution in [3.05, 3.63) is 54.5 Å². The zero-order chi connectivity index (χ0) is 14.1. The average molecular weight is 281 g/mol. The molecule has 0 saturated heterocycles. The molecule has 5 nitrogen and oxygen atoms in total. The molecule has 1 N–H and O–H groups in total. The van der Waals surface area contributed by atoms with Gasteiger partial charge in [0.2, 0.25) is 0 Å². The summed E-state index contributed by atoms with van der Waals surface area (Å²) in [5.41, 5.74) is 2.95. The number of hydrogen-bond acceptors (Lipinski definition) is 4. The molecule has 0 amide bonds. The van der Waals surface area contributed by atoms with Gasteiger partial charge in [0.15, 0.2) is 11.5 Å². The fourth-order valence-corrected chi connectivity index (χ4v) is 2.42. The second-order valence-electron chi connectivity index (χ2n) is 4.91. The van der Waals surface area contributed by atoms with Crippen molar-refractivity contribution in [1.82, 2.24) is 9.38 Å². The van der Waals surface area contributed by atoms with E-state index in [-0.39, 0.29) is 0 Å². The minimum absolute atomic E-state index is 0.600. The molecule has 0 radical (unpaired) electrons. The van der Waals surface area contributed by atoms with Gasteiger partial charge in [-0.1, -0.05) is 6.07 Å². The molecule has 3 aromatic rings. The maximum atomic E-state index is 5.58. The number of aromatic nitrogens is 2. The van der Waals surface area contributed by atoms with Gasteiger partial charge in [-0.2, -0.15) is 0 Å². The molecule has 106 valence electrons. The molecule has 2 aromatic heterocycles. The van der Waals surface area contributed by atoms with E-state index in [1.54, 1.807) is 0 Å². The summed E-state index contributed by atoms with van der Waals surface area (Å²) in [5, 5.41) is 3.36. The number of fused-ring (bicyclic) bond motifs is 2. The van der Waals surface area contributed by atoms with Crippen LogP contribution in [0.15, 0.2) is 48.8 Å². The van der Waals surface area contributed by atoms with Crippen LogP contribution in [-0.2, 0) is 6.54 Å². The van der Waals surface area contributed by atoms with E-state index < -0.39 is 0 Å². The predicted molar refractivity (Wildman–Crippen MR) is 80.0 cm³/mol. The quantitative estimate of drug-likeness (QED) is 0.802. The lowest BCUT2D eigenvalue weighted by Crippen LogP contribution is -2.15. The van der Waals surface area contributed by atoms with Gasteiger partial charge in [0.25, 0.3) is 0 Å². The molecule has 5 heteroatoms. The van der Waals surface area contributed by atoms with Crippen molar-refractivity contribution in [2.75, 3.05) is 18.5 Å². The Morgan fingerprint density at radius 3 is 2.90 bits per heavy atom. The van der Waals surface area contributed by atoms with Gasteiger partial charge in [-0.15, -0.1) is 0 Å². The highest BCUT2D eigenvalue weighted by Gasteiger charge is 2.11. The van der Waals surface area contributed by atoms with E-state index in [9.17, 15) is 0 Å². The van der Waals surface area contributed by atoms with Crippen LogP contribution in [0, 0.1) is 0 Å². The number of benzene rings is 1. The summed E-state index contributed by atoms with van der Waals surface area (Å²) in [6.45, 7) is 1.88. The Kier molecular flexibility index (Phi) is 2.88. The Balaban J connectivity index is 1.51. The fraction of sp³-hybridized carbons (Fsp3) is 0.188. The standard InChI is InChI=1S/C16H15N3O2/c1-2-6-19-11-13(18-16(19)3-1)10-17-12-4-5-14-15(9-12)21-8-7-20-14/h1-6,9,11,17H,7-8,10H2. The molecule has 0 bridgehead atoms. The van der Waals surface area contributed by atoms with E-state index in [1.807, 2.05) is 53.2 Å². The van der Waals surface area contributed by atoms with Crippen molar-refractivity contribution in [1.29, 1.82) is 0 Å². The smallest absolute Gasteiger partial charge is 0.163 e. The maximum absolute atomic E-state index is 5.58. The Labute approximate surface area is 122 Å². The van der Waals surface area contributed by atoms with Crippen molar-refractivity contribution in [3.63, 3.8) is 0 Å². The third-order valence-corrected chi connectivity index (χ3v) is 3.43. The van der Waals surface area contributed by atoms with Gasteiger partial charge in [0.1, 0.15) is 18.9 Å². The Morgan fingerprint density at radius 1 is 1.10 bits per heavy atom. The molecule has 3 heterocycles. The minimum atomic E-state index is 0.600. The lowest BCUT2D eigenvalue weighted by Gasteiger charge is -2.19. The van der Waals surface area contributed by atoms with Crippen LogP contribution in [0.5, 0.6) is 11.5 Å². The molecule has 0 saturated carbocycles. The van der Waals surface area contributed by atoms with Crippen molar-refractivity contribution in [2.45, 2.75) is 6.54 Å². The Bertz CT molecular complexity index is 749. The van der Waals surface area contributed by atoms with Crippen LogP contribution in [-0.4, -0.2) is 22.6 Å². The van der Waals surface area contributed by atoms with Crippen LogP contribution in [0.2, 0.25) is 0 Å². The van der Waals surface area contributed by atoms with Crippen LogP contribution >= 0.6 is 0 Å². The van der Waals surface area contributed by atoms with Crippen LogP contribution in [0.3, 0.4) is 0 Å². The van der Waals surface area contributed by atoms with Gasteiger partial charge in [-0.3, -0.25) is 0 Å². The Hall–Kier alpha value is -2.69. The van der Waals surface area contributed by atoms with E-state index in [2.05, 4.69) is 10.3 Å². The fourth-order valence-electron chi connectivity index (χ4n) is 2.42. The van der Waals surface area contributed by atoms with E-state index >= 15 is 0 Å². The third-order valence-electron chi connectivity index (χ3n) is 3.43. The van der Waals surface area contributed by atoms with Crippen LogP contribution < -0.4 is 14.8 Å². The molecule has 1 aromatic carbocycles. The van der Waals surface area contributed by atoms with E-state index in [0.717, 1.165) is 28.5 Å². The molecule has 1 aliphatic heterocycles. The monoisotopic (exact) mass is 281 g/mol. The van der Waals surface area contributed by atoms with Gasteiger partial charge >= 0.3 is 0 Å². The summed E-state index contributed by atoms with van der Waals surface area (Å²) in [5.74, 6) is 1.60. The Morgan fingerprint density at radius 2 is 2.00 bits per heavy atom. The third kappa shape index (κ3) is 2.38. The molecule has 0 fully saturated rings. The van der Waals surface area contributed by atoms with Gasteiger partial charge in [0, 0.05) is 24.1 Å². The normalized spacial score (nSPS) is 13.3. The van der Waals surface area contributed by atoms with Crippen LogP contribution in [0.25, 0.3) is 5.65 Å². The maximum Gasteiger partial charge on any atom is 0.163 e. The minimum Gasteiger partial charge on any atom is -0.486 e. The molecule has 21 heavy (non-hydrogen) atoms. The summed E-state index contributed by atoms with van der Waals surface area (Å²) in [4.78, 5) is 4.56. The molecule has 0 unspecified atom stereocenters. The predicted octanol–water partition coefficient (Wildman–Crippen LogP) is 2.72. The average Bonchev–Trinajstić information content (AvgIpc) is 2.95. The zero-order valence-electron chi connectivity index (χ0n) is 11.5. The van der Waals surface area contributed by atoms with Gasteiger partial charge < -0.3 is 19.2 Å². The van der Waals surface area contributed by atoms with Crippen molar-refractivity contribution >= 4 is 11.3 Å². The van der Waals surface area contributed by atoms with Gasteiger partial charge in [-0.05, 0) is 24.3 Å². The van der Waals surface area contributed by atoms with Gasteiger partial charge in [0.05, 0.1) is 12.2 Å². The van der Waals surface area contributed by atoms with Crippen LogP contribution in [0.1, 0.15) is 5.69 Å². The van der Waals surface area contributed by atoms with E-state index in [0.29, 0.717) is 19.8 Å². The van der Waals surface area contributed by atoms with E-state index in [1.165, 1.54) is 0 Å². The SMILES string of the molecule is c1ccn2cc(CNc3ccc4c(c3)OCCO4)nc2c1. The molecule has 0 spiro atoms. The highest BCUT2D eigenvalue weighted by Crippen LogP contribution is 2.32. The number of ether oxygens (including phenoxy) is 2. The van der Waals surface area contributed by atoms with Gasteiger partial charge in [-0.25, -0.2) is 4.98 Å². The number of hydrogen-bond donors (Lipinski definition) is 1. The molecular weight excluding hydrogens is 266 g/mol. The number of nitrogens with zero attached hydrogens (tertiary/aromatic N) is 2. The summed E-state index contributed by atoms with van der Waals surface area (Å²) in [6, 6.07) is 11.9. The molecular formula is C16H15N3O2. The van der Waals surface area contributed by atoms with Crippen molar-refractivity contribution in [2.24, 2.45) is 0 Å². The highest BCUT2D eigenvalue weighted by atomic mass is 16.6. The lowest BCUT2D eigenvalue weighted by molar-refractivity contribution is 0.171. The number of rotatable bonds is 3. The first-order valence-corrected chi connectivity index (χ1v) is 6.95. The molecule has 1 aliphatic rings. The zero-order valence-corrected chi connectivity index (χ0v) is 11.5. The summed E-state index contributed by atoms with van der Waals surface area (Å²) < 4.78 is 13.1. The topological polar surface area (TPSA) is 47.8 Å². The first-order chi connectivity index (χ1) is 10.4. The second kappa shape index (κ2) is 5.01. The number of pyridine rings is 1. The van der Waals surface area contributed by atoms with E-state index in [4.69, 9.17) is 9.47 Å². The summed E-state index contributed by atoms with van der Waals surface area (Å²) >= 11 is 0. The molecule has 4 rings (SSSR count). The largest absolute Gasteiger partial charge is 0.486 e. The first kappa shape index (κ1) is 12.1. The van der Waals surface area contributed by atoms with Crippen molar-refractivity contribution < 1.29 is 9.47 Å². The number of imidazole rings is 1. The lowest BCUT2D eigenvalue weighted by atomic mass is 10.2. The number of nitrogens with one attached hydrogen (secondary N) is 1. The molecule has 0 atom stereocenters. The number of anilines is 1. The molecule has 0 aliphatic carbocycles. The summed E-state index contributed by atoms with van der Waals surface area (Å²) in [6.07, 6.45) is 4.02. The second-order valence-corrected chi connectivity index (χ2v) is 4.91. The van der Waals surface area contributed by atoms with Crippen LogP contribution in [0.4, 0.5) is 5.69 Å². The first-order valence-electron chi connectivity index (χ1n) is 6.95.